The highest BCUT2D eigenvalue weighted by Crippen LogP contribution is 2.29. The summed E-state index contributed by atoms with van der Waals surface area (Å²) in [5.74, 6) is 1.76. The molecule has 0 saturated heterocycles. The molecular weight excluding hydrogens is 392 g/mol. The van der Waals surface area contributed by atoms with E-state index in [2.05, 4.69) is 21.8 Å². The molecule has 1 unspecified atom stereocenters. The minimum absolute atomic E-state index is 0.0416. The number of nitrogens with zero attached hydrogens (tertiary/aromatic N) is 4. The molecule has 0 aliphatic carbocycles. The van der Waals surface area contributed by atoms with E-state index in [-0.39, 0.29) is 12.0 Å². The third kappa shape index (κ3) is 5.11. The molecule has 0 bridgehead atoms. The first-order valence-electron chi connectivity index (χ1n) is 10.5. The zero-order valence-corrected chi connectivity index (χ0v) is 18.2. The van der Waals surface area contributed by atoms with Crippen molar-refractivity contribution in [1.82, 2.24) is 19.8 Å². The van der Waals surface area contributed by atoms with Crippen LogP contribution in [-0.4, -0.2) is 59.0 Å². The van der Waals surface area contributed by atoms with E-state index in [4.69, 9.17) is 9.47 Å². The first-order chi connectivity index (χ1) is 15.0. The van der Waals surface area contributed by atoms with E-state index in [9.17, 15) is 4.79 Å². The molecule has 2 aromatic carbocycles. The normalized spacial score (nSPS) is 16.3. The molecule has 0 saturated carbocycles. The van der Waals surface area contributed by atoms with E-state index < -0.39 is 0 Å². The molecule has 0 fully saturated rings. The molecule has 4 rings (SSSR count). The Kier molecular flexibility index (Phi) is 6.32. The van der Waals surface area contributed by atoms with Crippen LogP contribution in [0.1, 0.15) is 24.5 Å². The standard InChI is InChI=1S/C24H28N4O3/c1-17-14-28(16-19-5-6-20(30-3)13-23(19)31-17)11-8-24(29)27(2)15-18-4-7-21-22(12-18)26-10-9-25-21/h4-7,9-10,12-13,17H,8,11,14-16H2,1-3H3. The number of aromatic nitrogens is 2. The molecule has 0 radical (unpaired) electrons. The summed E-state index contributed by atoms with van der Waals surface area (Å²) in [6.45, 7) is 4.82. The molecule has 1 amide bonds. The van der Waals surface area contributed by atoms with Gasteiger partial charge in [0.2, 0.25) is 5.91 Å². The van der Waals surface area contributed by atoms with E-state index >= 15 is 0 Å². The first-order valence-corrected chi connectivity index (χ1v) is 10.5. The highest BCUT2D eigenvalue weighted by atomic mass is 16.5. The monoisotopic (exact) mass is 420 g/mol. The minimum atomic E-state index is 0.0416. The number of hydrogen-bond donors (Lipinski definition) is 0. The van der Waals surface area contributed by atoms with Crippen LogP contribution in [0.15, 0.2) is 48.8 Å². The SMILES string of the molecule is COc1ccc2c(c1)OC(C)CN(CCC(=O)N(C)Cc1ccc3nccnc3c1)C2. The summed E-state index contributed by atoms with van der Waals surface area (Å²) >= 11 is 0. The summed E-state index contributed by atoms with van der Waals surface area (Å²) in [6.07, 6.45) is 3.87. The number of benzene rings is 2. The van der Waals surface area contributed by atoms with Gasteiger partial charge in [-0.25, -0.2) is 0 Å². The van der Waals surface area contributed by atoms with Crippen LogP contribution in [0.3, 0.4) is 0 Å². The molecule has 7 nitrogen and oxygen atoms in total. The van der Waals surface area contributed by atoms with Crippen molar-refractivity contribution in [2.45, 2.75) is 32.5 Å². The van der Waals surface area contributed by atoms with Crippen LogP contribution in [0.4, 0.5) is 0 Å². The predicted molar refractivity (Wildman–Crippen MR) is 119 cm³/mol. The summed E-state index contributed by atoms with van der Waals surface area (Å²) in [5, 5.41) is 0. The predicted octanol–water partition coefficient (Wildman–Crippen LogP) is 3.27. The summed E-state index contributed by atoms with van der Waals surface area (Å²) < 4.78 is 11.4. The zero-order valence-electron chi connectivity index (χ0n) is 18.2. The molecule has 7 heteroatoms. The van der Waals surface area contributed by atoms with Gasteiger partial charge in [-0.3, -0.25) is 19.7 Å². The molecule has 0 spiro atoms. The molecule has 1 atom stereocenters. The van der Waals surface area contributed by atoms with E-state index in [1.807, 2.05) is 43.4 Å². The van der Waals surface area contributed by atoms with Crippen molar-refractivity contribution in [2.24, 2.45) is 0 Å². The van der Waals surface area contributed by atoms with E-state index in [1.165, 1.54) is 0 Å². The number of ether oxygens (including phenoxy) is 2. The van der Waals surface area contributed by atoms with Crippen LogP contribution in [0, 0.1) is 0 Å². The van der Waals surface area contributed by atoms with Gasteiger partial charge in [-0.15, -0.1) is 0 Å². The molecule has 3 aromatic rings. The second-order valence-electron chi connectivity index (χ2n) is 8.02. The number of carbonyl (C=O) groups is 1. The van der Waals surface area contributed by atoms with Crippen molar-refractivity contribution >= 4 is 16.9 Å². The number of rotatable bonds is 6. The van der Waals surface area contributed by atoms with Crippen molar-refractivity contribution < 1.29 is 14.3 Å². The van der Waals surface area contributed by atoms with Gasteiger partial charge in [0, 0.05) is 63.7 Å². The molecule has 1 aromatic heterocycles. The summed E-state index contributed by atoms with van der Waals surface area (Å²) in [6, 6.07) is 11.9. The zero-order chi connectivity index (χ0) is 21.8. The second-order valence-corrected chi connectivity index (χ2v) is 8.02. The van der Waals surface area contributed by atoms with E-state index in [1.54, 1.807) is 24.4 Å². The maximum Gasteiger partial charge on any atom is 0.223 e. The topological polar surface area (TPSA) is 67.8 Å². The van der Waals surface area contributed by atoms with Crippen LogP contribution in [-0.2, 0) is 17.9 Å². The van der Waals surface area contributed by atoms with Crippen molar-refractivity contribution in [3.05, 3.63) is 59.9 Å². The van der Waals surface area contributed by atoms with Gasteiger partial charge in [-0.05, 0) is 30.7 Å². The molecule has 1 aliphatic heterocycles. The number of fused-ring (bicyclic) bond motifs is 2. The summed E-state index contributed by atoms with van der Waals surface area (Å²) in [5.41, 5.74) is 3.86. The largest absolute Gasteiger partial charge is 0.497 e. The molecule has 0 N–H and O–H groups in total. The Morgan fingerprint density at radius 3 is 2.81 bits per heavy atom. The number of carbonyl (C=O) groups excluding carboxylic acids is 1. The number of methoxy groups -OCH3 is 1. The second kappa shape index (κ2) is 9.31. The maximum atomic E-state index is 12.8. The van der Waals surface area contributed by atoms with Gasteiger partial charge >= 0.3 is 0 Å². The van der Waals surface area contributed by atoms with Gasteiger partial charge in [-0.2, -0.15) is 0 Å². The van der Waals surface area contributed by atoms with Crippen molar-refractivity contribution in [1.29, 1.82) is 0 Å². The van der Waals surface area contributed by atoms with Gasteiger partial charge in [0.15, 0.2) is 0 Å². The number of amides is 1. The van der Waals surface area contributed by atoms with Crippen molar-refractivity contribution in [3.63, 3.8) is 0 Å². The average Bonchev–Trinajstić information content (AvgIpc) is 2.94. The van der Waals surface area contributed by atoms with Crippen LogP contribution in [0.5, 0.6) is 11.5 Å². The Hall–Kier alpha value is -3.19. The lowest BCUT2D eigenvalue weighted by Gasteiger charge is -2.23. The van der Waals surface area contributed by atoms with Gasteiger partial charge in [0.25, 0.3) is 0 Å². The van der Waals surface area contributed by atoms with Gasteiger partial charge in [-0.1, -0.05) is 12.1 Å². The quantitative estimate of drug-likeness (QED) is 0.610. The van der Waals surface area contributed by atoms with Gasteiger partial charge in [0.1, 0.15) is 17.6 Å². The highest BCUT2D eigenvalue weighted by molar-refractivity contribution is 5.77. The van der Waals surface area contributed by atoms with E-state index in [0.717, 1.165) is 46.7 Å². The van der Waals surface area contributed by atoms with Crippen LogP contribution >= 0.6 is 0 Å². The Morgan fingerprint density at radius 1 is 1.19 bits per heavy atom. The fourth-order valence-electron chi connectivity index (χ4n) is 3.91. The Morgan fingerprint density at radius 2 is 2.00 bits per heavy atom. The molecule has 2 heterocycles. The van der Waals surface area contributed by atoms with Gasteiger partial charge < -0.3 is 14.4 Å². The summed E-state index contributed by atoms with van der Waals surface area (Å²) in [4.78, 5) is 25.5. The molecular formula is C24H28N4O3. The van der Waals surface area contributed by atoms with Gasteiger partial charge in [0.05, 0.1) is 18.1 Å². The highest BCUT2D eigenvalue weighted by Gasteiger charge is 2.21. The Balaban J connectivity index is 1.35. The van der Waals surface area contributed by atoms with Crippen molar-refractivity contribution in [3.8, 4) is 11.5 Å². The third-order valence-corrected chi connectivity index (χ3v) is 5.53. The minimum Gasteiger partial charge on any atom is -0.497 e. The third-order valence-electron chi connectivity index (χ3n) is 5.53. The average molecular weight is 421 g/mol. The maximum absolute atomic E-state index is 12.8. The number of hydrogen-bond acceptors (Lipinski definition) is 6. The Labute approximate surface area is 182 Å². The molecule has 1 aliphatic rings. The van der Waals surface area contributed by atoms with Crippen LogP contribution in [0.25, 0.3) is 11.0 Å². The lowest BCUT2D eigenvalue weighted by atomic mass is 10.1. The molecule has 162 valence electrons. The molecule has 31 heavy (non-hydrogen) atoms. The lowest BCUT2D eigenvalue weighted by molar-refractivity contribution is -0.130. The van der Waals surface area contributed by atoms with Crippen LogP contribution < -0.4 is 9.47 Å². The van der Waals surface area contributed by atoms with Crippen molar-refractivity contribution in [2.75, 3.05) is 27.2 Å². The fourth-order valence-corrected chi connectivity index (χ4v) is 3.91. The van der Waals surface area contributed by atoms with Crippen LogP contribution in [0.2, 0.25) is 0 Å². The summed E-state index contributed by atoms with van der Waals surface area (Å²) in [7, 11) is 3.50. The fraction of sp³-hybridized carbons (Fsp3) is 0.375. The Bertz CT molecular complexity index is 1070. The first kappa shape index (κ1) is 21.1. The lowest BCUT2D eigenvalue weighted by Crippen LogP contribution is -2.35. The smallest absolute Gasteiger partial charge is 0.223 e. The van der Waals surface area contributed by atoms with E-state index in [0.29, 0.717) is 19.5 Å².